The second-order valence-electron chi connectivity index (χ2n) is 4.76. The first-order chi connectivity index (χ1) is 10.2. The van der Waals surface area contributed by atoms with E-state index < -0.39 is 0 Å². The Morgan fingerprint density at radius 1 is 1.05 bits per heavy atom. The third-order valence-electron chi connectivity index (χ3n) is 3.20. The molecule has 0 bridgehead atoms. The minimum absolute atomic E-state index is 0.760. The fraction of sp³-hybridized carbons (Fsp3) is 0.375. The van der Waals surface area contributed by atoms with Crippen LogP contribution >= 0.6 is 0 Å². The van der Waals surface area contributed by atoms with Crippen LogP contribution < -0.4 is 14.8 Å². The lowest BCUT2D eigenvalue weighted by Crippen LogP contribution is -2.05. The third-order valence-corrected chi connectivity index (χ3v) is 3.20. The quantitative estimate of drug-likeness (QED) is 0.794. The molecule has 0 aliphatic carbocycles. The number of benzene rings is 1. The summed E-state index contributed by atoms with van der Waals surface area (Å²) in [6.07, 6.45) is 3.56. The van der Waals surface area contributed by atoms with Crippen molar-refractivity contribution in [3.05, 3.63) is 41.9 Å². The standard InChI is InChI=1S/C16H21N3O2/c1-12-9-16(19-11-18-12)17-8-4-5-13-6-7-14(20-2)15(10-13)21-3/h6-7,9-11H,4-5,8H2,1-3H3,(H,17,18,19). The Bertz CT molecular complexity index is 587. The summed E-state index contributed by atoms with van der Waals surface area (Å²) in [7, 11) is 3.30. The highest BCUT2D eigenvalue weighted by molar-refractivity contribution is 5.43. The Morgan fingerprint density at radius 2 is 1.86 bits per heavy atom. The zero-order valence-corrected chi connectivity index (χ0v) is 12.7. The second kappa shape index (κ2) is 7.47. The zero-order valence-electron chi connectivity index (χ0n) is 12.7. The maximum atomic E-state index is 5.31. The number of aryl methyl sites for hydroxylation is 2. The number of nitrogens with zero attached hydrogens (tertiary/aromatic N) is 2. The van der Waals surface area contributed by atoms with Crippen LogP contribution in [0.1, 0.15) is 17.7 Å². The fourth-order valence-electron chi connectivity index (χ4n) is 2.10. The van der Waals surface area contributed by atoms with Gasteiger partial charge in [0.05, 0.1) is 14.2 Å². The Balaban J connectivity index is 1.83. The van der Waals surface area contributed by atoms with Gasteiger partial charge in [0, 0.05) is 18.3 Å². The van der Waals surface area contributed by atoms with Gasteiger partial charge in [0.1, 0.15) is 12.1 Å². The normalized spacial score (nSPS) is 10.2. The zero-order chi connectivity index (χ0) is 15.1. The van der Waals surface area contributed by atoms with Gasteiger partial charge in [0.25, 0.3) is 0 Å². The summed E-state index contributed by atoms with van der Waals surface area (Å²) in [5, 5.41) is 3.30. The molecule has 0 unspecified atom stereocenters. The lowest BCUT2D eigenvalue weighted by Gasteiger charge is -2.10. The van der Waals surface area contributed by atoms with Gasteiger partial charge in [0.2, 0.25) is 0 Å². The van der Waals surface area contributed by atoms with E-state index in [1.807, 2.05) is 25.1 Å². The van der Waals surface area contributed by atoms with Crippen molar-refractivity contribution < 1.29 is 9.47 Å². The maximum absolute atomic E-state index is 5.31. The maximum Gasteiger partial charge on any atom is 0.160 e. The highest BCUT2D eigenvalue weighted by atomic mass is 16.5. The molecule has 1 aromatic carbocycles. The number of hydrogen-bond donors (Lipinski definition) is 1. The van der Waals surface area contributed by atoms with Gasteiger partial charge in [-0.3, -0.25) is 0 Å². The molecule has 0 amide bonds. The topological polar surface area (TPSA) is 56.3 Å². The average Bonchev–Trinajstić information content (AvgIpc) is 2.51. The van der Waals surface area contributed by atoms with Crippen molar-refractivity contribution in [3.63, 3.8) is 0 Å². The van der Waals surface area contributed by atoms with Gasteiger partial charge < -0.3 is 14.8 Å². The van der Waals surface area contributed by atoms with Crippen molar-refractivity contribution in [1.29, 1.82) is 0 Å². The molecule has 21 heavy (non-hydrogen) atoms. The number of nitrogens with one attached hydrogen (secondary N) is 1. The summed E-state index contributed by atoms with van der Waals surface area (Å²) in [5.74, 6) is 2.40. The van der Waals surface area contributed by atoms with E-state index in [0.29, 0.717) is 0 Å². The SMILES string of the molecule is COc1ccc(CCCNc2cc(C)ncn2)cc1OC. The smallest absolute Gasteiger partial charge is 0.160 e. The van der Waals surface area contributed by atoms with Crippen molar-refractivity contribution >= 4 is 5.82 Å². The van der Waals surface area contributed by atoms with E-state index in [1.54, 1.807) is 20.5 Å². The molecular weight excluding hydrogens is 266 g/mol. The largest absolute Gasteiger partial charge is 0.493 e. The van der Waals surface area contributed by atoms with Gasteiger partial charge in [-0.05, 0) is 37.5 Å². The Hall–Kier alpha value is -2.30. The molecule has 0 atom stereocenters. The van der Waals surface area contributed by atoms with Crippen LogP contribution in [0.2, 0.25) is 0 Å². The third kappa shape index (κ3) is 4.34. The number of ether oxygens (including phenoxy) is 2. The summed E-state index contributed by atoms with van der Waals surface area (Å²) in [6.45, 7) is 2.82. The second-order valence-corrected chi connectivity index (χ2v) is 4.76. The molecule has 112 valence electrons. The van der Waals surface area contributed by atoms with Crippen molar-refractivity contribution in [3.8, 4) is 11.5 Å². The van der Waals surface area contributed by atoms with Crippen LogP contribution in [-0.4, -0.2) is 30.7 Å². The molecule has 0 fully saturated rings. The van der Waals surface area contributed by atoms with E-state index in [2.05, 4.69) is 21.4 Å². The van der Waals surface area contributed by atoms with Crippen molar-refractivity contribution in [2.75, 3.05) is 26.1 Å². The summed E-state index contributed by atoms with van der Waals surface area (Å²) in [4.78, 5) is 8.25. The summed E-state index contributed by atoms with van der Waals surface area (Å²) in [6, 6.07) is 7.97. The Morgan fingerprint density at radius 3 is 2.57 bits per heavy atom. The van der Waals surface area contributed by atoms with Crippen molar-refractivity contribution in [2.24, 2.45) is 0 Å². The Labute approximate surface area is 125 Å². The minimum Gasteiger partial charge on any atom is -0.493 e. The number of methoxy groups -OCH3 is 2. The fourth-order valence-corrected chi connectivity index (χ4v) is 2.10. The molecule has 0 aliphatic heterocycles. The minimum atomic E-state index is 0.760. The van der Waals surface area contributed by atoms with E-state index in [0.717, 1.165) is 42.4 Å². The molecule has 0 aliphatic rings. The first kappa shape index (κ1) is 15.1. The number of rotatable bonds is 7. The monoisotopic (exact) mass is 287 g/mol. The van der Waals surface area contributed by atoms with E-state index >= 15 is 0 Å². The number of hydrogen-bond acceptors (Lipinski definition) is 5. The molecule has 0 radical (unpaired) electrons. The number of aromatic nitrogens is 2. The van der Waals surface area contributed by atoms with Crippen LogP contribution in [0, 0.1) is 6.92 Å². The van der Waals surface area contributed by atoms with Gasteiger partial charge in [0.15, 0.2) is 11.5 Å². The molecule has 1 N–H and O–H groups in total. The molecule has 5 heteroatoms. The lowest BCUT2D eigenvalue weighted by atomic mass is 10.1. The van der Waals surface area contributed by atoms with Gasteiger partial charge in [-0.25, -0.2) is 9.97 Å². The van der Waals surface area contributed by atoms with Crippen LogP contribution in [0.5, 0.6) is 11.5 Å². The highest BCUT2D eigenvalue weighted by Crippen LogP contribution is 2.27. The van der Waals surface area contributed by atoms with E-state index in [9.17, 15) is 0 Å². The van der Waals surface area contributed by atoms with E-state index in [4.69, 9.17) is 9.47 Å². The molecule has 1 heterocycles. The summed E-state index contributed by atoms with van der Waals surface area (Å²) < 4.78 is 10.5. The number of anilines is 1. The Kier molecular flexibility index (Phi) is 5.37. The highest BCUT2D eigenvalue weighted by Gasteiger charge is 2.04. The lowest BCUT2D eigenvalue weighted by molar-refractivity contribution is 0.354. The first-order valence-electron chi connectivity index (χ1n) is 6.96. The predicted octanol–water partition coefficient (Wildman–Crippen LogP) is 2.85. The predicted molar refractivity (Wildman–Crippen MR) is 83.1 cm³/mol. The molecule has 0 saturated carbocycles. The molecule has 2 aromatic rings. The molecular formula is C16H21N3O2. The molecule has 1 aromatic heterocycles. The van der Waals surface area contributed by atoms with Crippen LogP contribution in [0.3, 0.4) is 0 Å². The van der Waals surface area contributed by atoms with Gasteiger partial charge in [-0.2, -0.15) is 0 Å². The molecule has 0 saturated heterocycles. The van der Waals surface area contributed by atoms with Crippen LogP contribution in [0.25, 0.3) is 0 Å². The summed E-state index contributed by atoms with van der Waals surface area (Å²) in [5.41, 5.74) is 2.20. The molecule has 2 rings (SSSR count). The van der Waals surface area contributed by atoms with Crippen molar-refractivity contribution in [2.45, 2.75) is 19.8 Å². The molecule has 5 nitrogen and oxygen atoms in total. The van der Waals surface area contributed by atoms with Crippen molar-refractivity contribution in [1.82, 2.24) is 9.97 Å². The van der Waals surface area contributed by atoms with E-state index in [-0.39, 0.29) is 0 Å². The van der Waals surface area contributed by atoms with Gasteiger partial charge in [-0.15, -0.1) is 0 Å². The molecule has 0 spiro atoms. The van der Waals surface area contributed by atoms with Crippen LogP contribution in [0.4, 0.5) is 5.82 Å². The van der Waals surface area contributed by atoms with Gasteiger partial charge >= 0.3 is 0 Å². The summed E-state index contributed by atoms with van der Waals surface area (Å²) >= 11 is 0. The first-order valence-corrected chi connectivity index (χ1v) is 6.96. The van der Waals surface area contributed by atoms with Gasteiger partial charge in [-0.1, -0.05) is 6.07 Å². The van der Waals surface area contributed by atoms with Crippen LogP contribution in [-0.2, 0) is 6.42 Å². The average molecular weight is 287 g/mol. The van der Waals surface area contributed by atoms with E-state index in [1.165, 1.54) is 5.56 Å². The van der Waals surface area contributed by atoms with Crippen LogP contribution in [0.15, 0.2) is 30.6 Å².